The number of hydrogen-bond donors (Lipinski definition) is 1. The van der Waals surface area contributed by atoms with Crippen molar-refractivity contribution in [1.82, 2.24) is 0 Å². The molecule has 0 aromatic heterocycles. The molecule has 1 nitrogen and oxygen atoms in total. The van der Waals surface area contributed by atoms with E-state index in [4.69, 9.17) is 5.73 Å². The molecule has 0 aromatic carbocycles. The third-order valence-electron chi connectivity index (χ3n) is 2.20. The predicted molar refractivity (Wildman–Crippen MR) is 65.1 cm³/mol. The Bertz CT molecular complexity index is 59.5. The van der Waals surface area contributed by atoms with E-state index in [1.165, 1.54) is 12.8 Å². The molecule has 0 radical (unpaired) electrons. The van der Waals surface area contributed by atoms with Gasteiger partial charge in [0.1, 0.15) is 0 Å². The molecule has 0 rings (SSSR count). The standard InChI is InChI=1S/C7H16.C3H9N.C2H6/c1-5-7(3,4)6-2;1-2-3-4;1-2/h5-6H2,1-4H3;2-4H2,1H3;1-2H3. The molecule has 0 unspecified atom stereocenters. The Morgan fingerprint density at radius 1 is 0.923 bits per heavy atom. The summed E-state index contributed by atoms with van der Waals surface area (Å²) in [5, 5.41) is 0. The minimum absolute atomic E-state index is 0.583. The molecule has 0 fully saturated rings. The molecule has 0 aliphatic carbocycles. The van der Waals surface area contributed by atoms with Crippen LogP contribution < -0.4 is 5.73 Å². The molecule has 2 N–H and O–H groups in total. The van der Waals surface area contributed by atoms with Crippen LogP contribution in [0, 0.1) is 5.41 Å². The van der Waals surface area contributed by atoms with E-state index in [0.717, 1.165) is 13.0 Å². The van der Waals surface area contributed by atoms with E-state index in [1.807, 2.05) is 13.8 Å². The highest BCUT2D eigenvalue weighted by Crippen LogP contribution is 2.22. The van der Waals surface area contributed by atoms with Gasteiger partial charge in [0, 0.05) is 0 Å². The Morgan fingerprint density at radius 3 is 1.15 bits per heavy atom. The maximum absolute atomic E-state index is 5.03. The van der Waals surface area contributed by atoms with Crippen LogP contribution in [0.3, 0.4) is 0 Å². The highest BCUT2D eigenvalue weighted by atomic mass is 14.5. The Hall–Kier alpha value is -0.0400. The van der Waals surface area contributed by atoms with E-state index < -0.39 is 0 Å². The van der Waals surface area contributed by atoms with E-state index >= 15 is 0 Å². The molecule has 0 heterocycles. The van der Waals surface area contributed by atoms with Crippen molar-refractivity contribution in [2.45, 2.75) is 67.7 Å². The maximum atomic E-state index is 5.03. The van der Waals surface area contributed by atoms with Crippen LogP contribution in [0.2, 0.25) is 0 Å². The molecule has 0 atom stereocenters. The quantitative estimate of drug-likeness (QED) is 0.707. The smallest absolute Gasteiger partial charge is 0.00799 e. The van der Waals surface area contributed by atoms with Crippen LogP contribution in [-0.4, -0.2) is 6.54 Å². The van der Waals surface area contributed by atoms with E-state index in [-0.39, 0.29) is 0 Å². The van der Waals surface area contributed by atoms with Crippen LogP contribution in [-0.2, 0) is 0 Å². The van der Waals surface area contributed by atoms with Gasteiger partial charge in [0.05, 0.1) is 0 Å². The van der Waals surface area contributed by atoms with Crippen molar-refractivity contribution in [1.29, 1.82) is 0 Å². The normalized spacial score (nSPS) is 9.23. The van der Waals surface area contributed by atoms with Crippen molar-refractivity contribution in [3.8, 4) is 0 Å². The van der Waals surface area contributed by atoms with Crippen LogP contribution in [0.5, 0.6) is 0 Å². The fourth-order valence-electron chi connectivity index (χ4n) is 0.250. The van der Waals surface area contributed by atoms with Gasteiger partial charge < -0.3 is 5.73 Å². The van der Waals surface area contributed by atoms with E-state index in [1.54, 1.807) is 0 Å². The third-order valence-corrected chi connectivity index (χ3v) is 2.20. The molecular formula is C12H31N. The second kappa shape index (κ2) is 14.5. The van der Waals surface area contributed by atoms with Gasteiger partial charge in [-0.3, -0.25) is 0 Å². The molecule has 13 heavy (non-hydrogen) atoms. The van der Waals surface area contributed by atoms with Gasteiger partial charge in [-0.1, -0.05) is 61.3 Å². The Morgan fingerprint density at radius 2 is 1.15 bits per heavy atom. The fourth-order valence-corrected chi connectivity index (χ4v) is 0.250. The highest BCUT2D eigenvalue weighted by molar-refractivity contribution is 4.61. The molecule has 0 saturated heterocycles. The van der Waals surface area contributed by atoms with Crippen LogP contribution in [0.4, 0.5) is 0 Å². The largest absolute Gasteiger partial charge is 0.330 e. The summed E-state index contributed by atoms with van der Waals surface area (Å²) in [5.74, 6) is 0. The topological polar surface area (TPSA) is 26.0 Å². The van der Waals surface area contributed by atoms with E-state index in [9.17, 15) is 0 Å². The Kier molecular flexibility index (Phi) is 20.8. The number of nitrogens with two attached hydrogens (primary N) is 1. The zero-order valence-electron chi connectivity index (χ0n) is 10.9. The van der Waals surface area contributed by atoms with Crippen molar-refractivity contribution in [3.63, 3.8) is 0 Å². The van der Waals surface area contributed by atoms with Crippen LogP contribution >= 0.6 is 0 Å². The van der Waals surface area contributed by atoms with Crippen molar-refractivity contribution >= 4 is 0 Å². The van der Waals surface area contributed by atoms with Crippen LogP contribution in [0.25, 0.3) is 0 Å². The summed E-state index contributed by atoms with van der Waals surface area (Å²) >= 11 is 0. The van der Waals surface area contributed by atoms with Gasteiger partial charge in [-0.2, -0.15) is 0 Å². The molecule has 0 saturated carbocycles. The lowest BCUT2D eigenvalue weighted by Gasteiger charge is -2.18. The second-order valence-corrected chi connectivity index (χ2v) is 3.66. The number of hydrogen-bond acceptors (Lipinski definition) is 1. The van der Waals surface area contributed by atoms with Crippen LogP contribution in [0.1, 0.15) is 67.7 Å². The summed E-state index contributed by atoms with van der Waals surface area (Å²) in [6, 6.07) is 0. The molecule has 0 aromatic rings. The van der Waals surface area contributed by atoms with Crippen LogP contribution in [0.15, 0.2) is 0 Å². The maximum Gasteiger partial charge on any atom is -0.00799 e. The zero-order chi connectivity index (χ0) is 11.3. The molecule has 0 aliphatic rings. The van der Waals surface area contributed by atoms with E-state index in [0.29, 0.717) is 5.41 Å². The first-order chi connectivity index (χ1) is 6.04. The number of rotatable bonds is 3. The molecule has 0 aliphatic heterocycles. The average molecular weight is 189 g/mol. The van der Waals surface area contributed by atoms with Gasteiger partial charge in [-0.05, 0) is 18.4 Å². The summed E-state index contributed by atoms with van der Waals surface area (Å²) in [4.78, 5) is 0. The second-order valence-electron chi connectivity index (χ2n) is 3.66. The summed E-state index contributed by atoms with van der Waals surface area (Å²) < 4.78 is 0. The van der Waals surface area contributed by atoms with Gasteiger partial charge in [-0.25, -0.2) is 0 Å². The molecular weight excluding hydrogens is 158 g/mol. The molecule has 84 valence electrons. The monoisotopic (exact) mass is 189 g/mol. The summed E-state index contributed by atoms with van der Waals surface area (Å²) in [6.45, 7) is 16.0. The van der Waals surface area contributed by atoms with Gasteiger partial charge in [0.15, 0.2) is 0 Å². The summed E-state index contributed by atoms with van der Waals surface area (Å²) in [6.07, 6.45) is 3.69. The Labute approximate surface area is 86.1 Å². The van der Waals surface area contributed by atoms with Crippen molar-refractivity contribution < 1.29 is 0 Å². The lowest BCUT2D eigenvalue weighted by atomic mass is 9.88. The first-order valence-electron chi connectivity index (χ1n) is 5.74. The SMILES string of the molecule is CC.CCC(C)(C)CC.CCCN. The van der Waals surface area contributed by atoms with Crippen molar-refractivity contribution in [2.24, 2.45) is 11.1 Å². The average Bonchev–Trinajstić information content (AvgIpc) is 2.21. The minimum Gasteiger partial charge on any atom is -0.330 e. The first-order valence-corrected chi connectivity index (χ1v) is 5.74. The lowest BCUT2D eigenvalue weighted by molar-refractivity contribution is 0.338. The first kappa shape index (κ1) is 18.7. The Balaban J connectivity index is -0.000000142. The van der Waals surface area contributed by atoms with Gasteiger partial charge in [0.25, 0.3) is 0 Å². The zero-order valence-corrected chi connectivity index (χ0v) is 10.9. The minimum atomic E-state index is 0.583. The van der Waals surface area contributed by atoms with Gasteiger partial charge in [-0.15, -0.1) is 0 Å². The van der Waals surface area contributed by atoms with Gasteiger partial charge >= 0.3 is 0 Å². The molecule has 0 bridgehead atoms. The van der Waals surface area contributed by atoms with Gasteiger partial charge in [0.2, 0.25) is 0 Å². The molecule has 0 spiro atoms. The van der Waals surface area contributed by atoms with Crippen molar-refractivity contribution in [2.75, 3.05) is 6.54 Å². The van der Waals surface area contributed by atoms with Crippen molar-refractivity contribution in [3.05, 3.63) is 0 Å². The molecule has 0 amide bonds. The summed E-state index contributed by atoms with van der Waals surface area (Å²) in [5.41, 5.74) is 5.61. The lowest BCUT2D eigenvalue weighted by Crippen LogP contribution is -2.05. The highest BCUT2D eigenvalue weighted by Gasteiger charge is 2.09. The summed E-state index contributed by atoms with van der Waals surface area (Å²) in [7, 11) is 0. The van der Waals surface area contributed by atoms with E-state index in [2.05, 4.69) is 34.6 Å². The predicted octanol–water partition coefficient (Wildman–Crippen LogP) is 4.21. The fraction of sp³-hybridized carbons (Fsp3) is 1.00. The third kappa shape index (κ3) is 24.5. The molecule has 1 heteroatoms.